The predicted octanol–water partition coefficient (Wildman–Crippen LogP) is 4.01. The van der Waals surface area contributed by atoms with Crippen molar-refractivity contribution in [1.29, 1.82) is 0 Å². The lowest BCUT2D eigenvalue weighted by molar-refractivity contribution is 0.104. The first kappa shape index (κ1) is 21.6. The second-order valence-electron chi connectivity index (χ2n) is 8.16. The highest BCUT2D eigenvalue weighted by molar-refractivity contribution is 5.83. The molecule has 4 rings (SSSR count). The summed E-state index contributed by atoms with van der Waals surface area (Å²) >= 11 is 0. The van der Waals surface area contributed by atoms with Gasteiger partial charge in [-0.1, -0.05) is 42.5 Å². The fourth-order valence-corrected chi connectivity index (χ4v) is 4.23. The SMILES string of the molecule is COc1ccc([C@@H](CNC[C@H](O)COc2ccc3ccccc3c2)N2CCCC2)cc1. The molecule has 5 nitrogen and oxygen atoms in total. The minimum atomic E-state index is -0.568. The molecule has 1 fully saturated rings. The zero-order valence-corrected chi connectivity index (χ0v) is 18.2. The Kier molecular flexibility index (Phi) is 7.41. The number of aliphatic hydroxyl groups excluding tert-OH is 1. The van der Waals surface area contributed by atoms with Crippen molar-refractivity contribution in [2.24, 2.45) is 0 Å². The van der Waals surface area contributed by atoms with E-state index in [1.165, 1.54) is 23.8 Å². The Hall–Kier alpha value is -2.60. The van der Waals surface area contributed by atoms with Crippen LogP contribution in [0.25, 0.3) is 10.8 Å². The van der Waals surface area contributed by atoms with Crippen molar-refractivity contribution in [2.75, 3.05) is 39.9 Å². The van der Waals surface area contributed by atoms with E-state index in [1.54, 1.807) is 7.11 Å². The van der Waals surface area contributed by atoms with E-state index >= 15 is 0 Å². The summed E-state index contributed by atoms with van der Waals surface area (Å²) in [5.41, 5.74) is 1.28. The van der Waals surface area contributed by atoms with E-state index in [2.05, 4.69) is 34.5 Å². The molecule has 0 saturated carbocycles. The summed E-state index contributed by atoms with van der Waals surface area (Å²) in [5, 5.41) is 16.2. The van der Waals surface area contributed by atoms with Gasteiger partial charge < -0.3 is 19.9 Å². The third kappa shape index (κ3) is 5.76. The number of benzene rings is 3. The summed E-state index contributed by atoms with van der Waals surface area (Å²) in [4.78, 5) is 2.52. The molecule has 164 valence electrons. The Morgan fingerprint density at radius 2 is 1.61 bits per heavy atom. The molecule has 1 aliphatic heterocycles. The highest BCUT2D eigenvalue weighted by Crippen LogP contribution is 2.26. The van der Waals surface area contributed by atoms with Crippen molar-refractivity contribution in [2.45, 2.75) is 25.0 Å². The van der Waals surface area contributed by atoms with E-state index in [4.69, 9.17) is 9.47 Å². The number of rotatable bonds is 10. The Balaban J connectivity index is 1.28. The van der Waals surface area contributed by atoms with Crippen molar-refractivity contribution >= 4 is 10.8 Å². The van der Waals surface area contributed by atoms with Gasteiger partial charge in [0.25, 0.3) is 0 Å². The average Bonchev–Trinajstić information content (AvgIpc) is 3.35. The molecule has 2 atom stereocenters. The van der Waals surface area contributed by atoms with Crippen LogP contribution < -0.4 is 14.8 Å². The maximum atomic E-state index is 10.4. The average molecular weight is 421 g/mol. The minimum Gasteiger partial charge on any atom is -0.497 e. The molecule has 0 aliphatic carbocycles. The number of nitrogens with one attached hydrogen (secondary N) is 1. The van der Waals surface area contributed by atoms with Crippen LogP contribution in [0.2, 0.25) is 0 Å². The number of fused-ring (bicyclic) bond motifs is 1. The molecule has 0 aromatic heterocycles. The van der Waals surface area contributed by atoms with Gasteiger partial charge in [-0.05, 0) is 66.5 Å². The summed E-state index contributed by atoms with van der Waals surface area (Å²) in [6.45, 7) is 3.79. The van der Waals surface area contributed by atoms with Crippen LogP contribution in [0.15, 0.2) is 66.7 Å². The predicted molar refractivity (Wildman–Crippen MR) is 125 cm³/mol. The Morgan fingerprint density at radius 1 is 0.903 bits per heavy atom. The number of likely N-dealkylation sites (tertiary alicyclic amines) is 1. The lowest BCUT2D eigenvalue weighted by atomic mass is 10.1. The molecular weight excluding hydrogens is 388 g/mol. The topological polar surface area (TPSA) is 54.0 Å². The first-order valence-corrected chi connectivity index (χ1v) is 11.1. The van der Waals surface area contributed by atoms with Gasteiger partial charge in [0.2, 0.25) is 0 Å². The lowest BCUT2D eigenvalue weighted by Gasteiger charge is -2.29. The van der Waals surface area contributed by atoms with Crippen LogP contribution >= 0.6 is 0 Å². The van der Waals surface area contributed by atoms with Gasteiger partial charge in [-0.3, -0.25) is 4.90 Å². The molecule has 0 spiro atoms. The monoisotopic (exact) mass is 420 g/mol. The Labute approximate surface area is 184 Å². The van der Waals surface area contributed by atoms with Gasteiger partial charge in [0, 0.05) is 19.1 Å². The van der Waals surface area contributed by atoms with Crippen LogP contribution in [0, 0.1) is 0 Å². The zero-order valence-electron chi connectivity index (χ0n) is 18.2. The molecule has 0 amide bonds. The highest BCUT2D eigenvalue weighted by Gasteiger charge is 2.23. The van der Waals surface area contributed by atoms with E-state index in [1.807, 2.05) is 42.5 Å². The molecule has 3 aromatic rings. The van der Waals surface area contributed by atoms with Crippen LogP contribution in [0.5, 0.6) is 11.5 Å². The molecule has 1 aliphatic rings. The molecule has 3 aromatic carbocycles. The maximum Gasteiger partial charge on any atom is 0.120 e. The summed E-state index contributed by atoms with van der Waals surface area (Å²) in [7, 11) is 1.69. The van der Waals surface area contributed by atoms with Gasteiger partial charge in [-0.2, -0.15) is 0 Å². The van der Waals surface area contributed by atoms with Crippen LogP contribution in [0.1, 0.15) is 24.4 Å². The summed E-state index contributed by atoms with van der Waals surface area (Å²) in [6.07, 6.45) is 1.92. The molecule has 1 saturated heterocycles. The first-order valence-electron chi connectivity index (χ1n) is 11.1. The van der Waals surface area contributed by atoms with Gasteiger partial charge in [-0.15, -0.1) is 0 Å². The van der Waals surface area contributed by atoms with E-state index in [9.17, 15) is 5.11 Å². The smallest absolute Gasteiger partial charge is 0.120 e. The normalized spacial score (nSPS) is 16.3. The number of hydrogen-bond acceptors (Lipinski definition) is 5. The van der Waals surface area contributed by atoms with E-state index in [0.29, 0.717) is 12.6 Å². The summed E-state index contributed by atoms with van der Waals surface area (Å²) in [5.74, 6) is 1.66. The van der Waals surface area contributed by atoms with Crippen molar-refractivity contribution in [3.63, 3.8) is 0 Å². The van der Waals surface area contributed by atoms with E-state index < -0.39 is 6.10 Å². The van der Waals surface area contributed by atoms with Crippen molar-refractivity contribution < 1.29 is 14.6 Å². The fourth-order valence-electron chi connectivity index (χ4n) is 4.23. The summed E-state index contributed by atoms with van der Waals surface area (Å²) < 4.78 is 11.1. The molecule has 5 heteroatoms. The lowest BCUT2D eigenvalue weighted by Crippen LogP contribution is -2.38. The summed E-state index contributed by atoms with van der Waals surface area (Å²) in [6, 6.07) is 22.8. The number of hydrogen-bond donors (Lipinski definition) is 2. The largest absolute Gasteiger partial charge is 0.497 e. The molecular formula is C26H32N2O3. The molecule has 0 unspecified atom stereocenters. The van der Waals surface area contributed by atoms with Gasteiger partial charge in [-0.25, -0.2) is 0 Å². The van der Waals surface area contributed by atoms with Crippen LogP contribution in [0.4, 0.5) is 0 Å². The van der Waals surface area contributed by atoms with Crippen LogP contribution in [0.3, 0.4) is 0 Å². The molecule has 0 radical (unpaired) electrons. The number of ether oxygens (including phenoxy) is 2. The van der Waals surface area contributed by atoms with E-state index in [0.717, 1.165) is 36.5 Å². The molecule has 31 heavy (non-hydrogen) atoms. The van der Waals surface area contributed by atoms with Crippen molar-refractivity contribution in [1.82, 2.24) is 10.2 Å². The van der Waals surface area contributed by atoms with Crippen LogP contribution in [-0.4, -0.2) is 56.0 Å². The van der Waals surface area contributed by atoms with Gasteiger partial charge >= 0.3 is 0 Å². The molecule has 1 heterocycles. The molecule has 0 bridgehead atoms. The first-order chi connectivity index (χ1) is 15.2. The van der Waals surface area contributed by atoms with Gasteiger partial charge in [0.05, 0.1) is 7.11 Å². The fraction of sp³-hybridized carbons (Fsp3) is 0.385. The number of aliphatic hydroxyl groups is 1. The zero-order chi connectivity index (χ0) is 21.5. The van der Waals surface area contributed by atoms with E-state index in [-0.39, 0.29) is 6.61 Å². The quantitative estimate of drug-likeness (QED) is 0.519. The van der Waals surface area contributed by atoms with Gasteiger partial charge in [0.1, 0.15) is 24.2 Å². The standard InChI is InChI=1S/C26H32N2O3/c1-30-24-11-9-21(10-12-24)26(28-14-4-5-15-28)18-27-17-23(29)19-31-25-13-8-20-6-2-3-7-22(20)16-25/h2-3,6-13,16,23,26-27,29H,4-5,14-15,17-19H2,1H3/t23-,26+/m0/s1. The second kappa shape index (κ2) is 10.6. The number of nitrogens with zero attached hydrogens (tertiary/aromatic N) is 1. The third-order valence-corrected chi connectivity index (χ3v) is 5.96. The Morgan fingerprint density at radius 3 is 2.35 bits per heavy atom. The second-order valence-corrected chi connectivity index (χ2v) is 8.16. The van der Waals surface area contributed by atoms with Crippen molar-refractivity contribution in [3.05, 3.63) is 72.3 Å². The van der Waals surface area contributed by atoms with Gasteiger partial charge in [0.15, 0.2) is 0 Å². The van der Waals surface area contributed by atoms with Crippen LogP contribution in [-0.2, 0) is 0 Å². The highest BCUT2D eigenvalue weighted by atomic mass is 16.5. The third-order valence-electron chi connectivity index (χ3n) is 5.96. The maximum absolute atomic E-state index is 10.4. The minimum absolute atomic E-state index is 0.266. The number of methoxy groups -OCH3 is 1. The van der Waals surface area contributed by atoms with Crippen molar-refractivity contribution in [3.8, 4) is 11.5 Å². The Bertz CT molecular complexity index is 954. The molecule has 2 N–H and O–H groups in total.